The standard InChI is InChI=1S/C14H22N2O3/c1-4-7-14(2,18)9-16-13(17)10-5-6-11(15)12(8-10)19-3/h5-6,8,18H,4,7,9,15H2,1-3H3,(H,16,17). The highest BCUT2D eigenvalue weighted by Gasteiger charge is 2.20. The second kappa shape index (κ2) is 6.43. The minimum absolute atomic E-state index is 0.215. The highest BCUT2D eigenvalue weighted by molar-refractivity contribution is 5.95. The number of aliphatic hydroxyl groups is 1. The summed E-state index contributed by atoms with van der Waals surface area (Å²) in [6.07, 6.45) is 1.50. The molecule has 0 aliphatic rings. The molecule has 0 heterocycles. The maximum absolute atomic E-state index is 12.0. The van der Waals surface area contributed by atoms with Gasteiger partial charge in [-0.15, -0.1) is 0 Å². The van der Waals surface area contributed by atoms with E-state index in [0.717, 1.165) is 6.42 Å². The number of nitrogens with two attached hydrogens (primary N) is 1. The first kappa shape index (κ1) is 15.3. The van der Waals surface area contributed by atoms with Gasteiger partial charge in [-0.25, -0.2) is 0 Å². The van der Waals surface area contributed by atoms with E-state index in [1.165, 1.54) is 7.11 Å². The Kier molecular flexibility index (Phi) is 5.18. The van der Waals surface area contributed by atoms with Crippen molar-refractivity contribution in [2.75, 3.05) is 19.4 Å². The van der Waals surface area contributed by atoms with E-state index in [9.17, 15) is 9.90 Å². The molecule has 0 bridgehead atoms. The van der Waals surface area contributed by atoms with E-state index in [2.05, 4.69) is 5.32 Å². The number of nitrogen functional groups attached to an aromatic ring is 1. The van der Waals surface area contributed by atoms with Crippen LogP contribution in [0.15, 0.2) is 18.2 Å². The number of ether oxygens (including phenoxy) is 1. The zero-order valence-electron chi connectivity index (χ0n) is 11.7. The van der Waals surface area contributed by atoms with Crippen molar-refractivity contribution in [3.63, 3.8) is 0 Å². The molecule has 1 unspecified atom stereocenters. The van der Waals surface area contributed by atoms with Crippen LogP contribution in [0.5, 0.6) is 5.75 Å². The number of carbonyl (C=O) groups is 1. The Morgan fingerprint density at radius 2 is 2.21 bits per heavy atom. The number of rotatable bonds is 6. The molecule has 0 aliphatic carbocycles. The molecule has 0 aromatic heterocycles. The summed E-state index contributed by atoms with van der Waals surface area (Å²) in [6, 6.07) is 4.83. The average Bonchev–Trinajstić information content (AvgIpc) is 2.36. The summed E-state index contributed by atoms with van der Waals surface area (Å²) in [6.45, 7) is 3.91. The van der Waals surface area contributed by atoms with Crippen LogP contribution >= 0.6 is 0 Å². The van der Waals surface area contributed by atoms with Gasteiger partial charge in [0.25, 0.3) is 5.91 Å². The SMILES string of the molecule is CCCC(C)(O)CNC(=O)c1ccc(N)c(OC)c1. The number of hydrogen-bond acceptors (Lipinski definition) is 4. The predicted octanol–water partition coefficient (Wildman–Crippen LogP) is 1.56. The largest absolute Gasteiger partial charge is 0.495 e. The molecular formula is C14H22N2O3. The quantitative estimate of drug-likeness (QED) is 0.682. The maximum atomic E-state index is 12.0. The van der Waals surface area contributed by atoms with E-state index in [0.29, 0.717) is 23.4 Å². The fourth-order valence-corrected chi connectivity index (χ4v) is 1.85. The van der Waals surface area contributed by atoms with Crippen molar-refractivity contribution in [3.8, 4) is 5.75 Å². The van der Waals surface area contributed by atoms with E-state index in [1.807, 2.05) is 6.92 Å². The van der Waals surface area contributed by atoms with Crippen LogP contribution in [0.3, 0.4) is 0 Å². The van der Waals surface area contributed by atoms with Crippen LogP contribution in [-0.4, -0.2) is 30.3 Å². The molecule has 1 aromatic carbocycles. The lowest BCUT2D eigenvalue weighted by Crippen LogP contribution is -2.40. The van der Waals surface area contributed by atoms with Gasteiger partial charge in [-0.1, -0.05) is 13.3 Å². The summed E-state index contributed by atoms with van der Waals surface area (Å²) in [4.78, 5) is 12.0. The Hall–Kier alpha value is -1.75. The summed E-state index contributed by atoms with van der Waals surface area (Å²) >= 11 is 0. The highest BCUT2D eigenvalue weighted by Crippen LogP contribution is 2.22. The third-order valence-corrected chi connectivity index (χ3v) is 2.91. The molecule has 4 N–H and O–H groups in total. The highest BCUT2D eigenvalue weighted by atomic mass is 16.5. The van der Waals surface area contributed by atoms with Gasteiger partial charge in [0.2, 0.25) is 0 Å². The van der Waals surface area contributed by atoms with Crippen LogP contribution in [0.2, 0.25) is 0 Å². The zero-order chi connectivity index (χ0) is 14.5. The summed E-state index contributed by atoms with van der Waals surface area (Å²) in [5.41, 5.74) is 5.74. The fraction of sp³-hybridized carbons (Fsp3) is 0.500. The van der Waals surface area contributed by atoms with E-state index in [4.69, 9.17) is 10.5 Å². The average molecular weight is 266 g/mol. The first-order valence-corrected chi connectivity index (χ1v) is 6.33. The first-order valence-electron chi connectivity index (χ1n) is 6.33. The second-order valence-electron chi connectivity index (χ2n) is 4.89. The summed E-state index contributed by atoms with van der Waals surface area (Å²) in [5, 5.41) is 12.7. The number of nitrogens with one attached hydrogen (secondary N) is 1. The summed E-state index contributed by atoms with van der Waals surface area (Å²) in [5.74, 6) is 0.211. The smallest absolute Gasteiger partial charge is 0.251 e. The molecule has 5 nitrogen and oxygen atoms in total. The Labute approximate surface area is 113 Å². The first-order chi connectivity index (χ1) is 8.89. The van der Waals surface area contributed by atoms with Crippen LogP contribution in [0.4, 0.5) is 5.69 Å². The van der Waals surface area contributed by atoms with Crippen molar-refractivity contribution in [2.24, 2.45) is 0 Å². The number of benzene rings is 1. The van der Waals surface area contributed by atoms with Crippen molar-refractivity contribution in [2.45, 2.75) is 32.3 Å². The van der Waals surface area contributed by atoms with Crippen molar-refractivity contribution in [1.29, 1.82) is 0 Å². The third kappa shape index (κ3) is 4.44. The normalized spacial score (nSPS) is 13.7. The topological polar surface area (TPSA) is 84.6 Å². The Balaban J connectivity index is 2.68. The van der Waals surface area contributed by atoms with Gasteiger partial charge in [0.05, 0.1) is 18.4 Å². The molecule has 0 aliphatic heterocycles. The van der Waals surface area contributed by atoms with Gasteiger partial charge in [0.15, 0.2) is 0 Å². The van der Waals surface area contributed by atoms with Crippen molar-refractivity contribution < 1.29 is 14.6 Å². The summed E-state index contributed by atoms with van der Waals surface area (Å²) in [7, 11) is 1.50. The molecule has 0 spiro atoms. The molecule has 1 atom stereocenters. The number of amides is 1. The number of hydrogen-bond donors (Lipinski definition) is 3. The molecule has 1 amide bonds. The van der Waals surface area contributed by atoms with Crippen molar-refractivity contribution in [3.05, 3.63) is 23.8 Å². The van der Waals surface area contributed by atoms with Gasteiger partial charge < -0.3 is 20.9 Å². The maximum Gasteiger partial charge on any atom is 0.251 e. The minimum atomic E-state index is -0.887. The Bertz CT molecular complexity index is 444. The van der Waals surface area contributed by atoms with Crippen LogP contribution in [0.1, 0.15) is 37.0 Å². The molecule has 0 fully saturated rings. The molecule has 1 rings (SSSR count). The zero-order valence-corrected chi connectivity index (χ0v) is 11.7. The van der Waals surface area contributed by atoms with Gasteiger partial charge in [0, 0.05) is 12.1 Å². The molecule has 1 aromatic rings. The van der Waals surface area contributed by atoms with E-state index in [1.54, 1.807) is 25.1 Å². The van der Waals surface area contributed by atoms with Crippen LogP contribution < -0.4 is 15.8 Å². The Morgan fingerprint density at radius 1 is 1.53 bits per heavy atom. The van der Waals surface area contributed by atoms with Crippen LogP contribution in [0.25, 0.3) is 0 Å². The number of carbonyl (C=O) groups excluding carboxylic acids is 1. The van der Waals surface area contributed by atoms with Gasteiger partial charge >= 0.3 is 0 Å². The Morgan fingerprint density at radius 3 is 2.79 bits per heavy atom. The molecule has 0 saturated carbocycles. The van der Waals surface area contributed by atoms with E-state index < -0.39 is 5.60 Å². The predicted molar refractivity (Wildman–Crippen MR) is 75.3 cm³/mol. The molecule has 0 saturated heterocycles. The van der Waals surface area contributed by atoms with Gasteiger partial charge in [-0.2, -0.15) is 0 Å². The molecule has 19 heavy (non-hydrogen) atoms. The van der Waals surface area contributed by atoms with E-state index >= 15 is 0 Å². The fourth-order valence-electron chi connectivity index (χ4n) is 1.85. The second-order valence-corrected chi connectivity index (χ2v) is 4.89. The van der Waals surface area contributed by atoms with Crippen LogP contribution in [0, 0.1) is 0 Å². The molecule has 5 heteroatoms. The lowest BCUT2D eigenvalue weighted by atomic mass is 10.0. The van der Waals surface area contributed by atoms with Crippen molar-refractivity contribution in [1.82, 2.24) is 5.32 Å². The minimum Gasteiger partial charge on any atom is -0.495 e. The molecule has 0 radical (unpaired) electrons. The third-order valence-electron chi connectivity index (χ3n) is 2.91. The van der Waals surface area contributed by atoms with E-state index in [-0.39, 0.29) is 12.5 Å². The molecule has 106 valence electrons. The summed E-state index contributed by atoms with van der Waals surface area (Å²) < 4.78 is 5.07. The van der Waals surface area contributed by atoms with Gasteiger partial charge in [-0.3, -0.25) is 4.79 Å². The van der Waals surface area contributed by atoms with Crippen LogP contribution in [-0.2, 0) is 0 Å². The molecular weight excluding hydrogens is 244 g/mol. The lowest BCUT2D eigenvalue weighted by Gasteiger charge is -2.23. The monoisotopic (exact) mass is 266 g/mol. The van der Waals surface area contributed by atoms with Gasteiger partial charge in [0.1, 0.15) is 5.75 Å². The van der Waals surface area contributed by atoms with Gasteiger partial charge in [-0.05, 0) is 31.5 Å². The lowest BCUT2D eigenvalue weighted by molar-refractivity contribution is 0.0469. The number of anilines is 1. The number of methoxy groups -OCH3 is 1. The van der Waals surface area contributed by atoms with Crippen molar-refractivity contribution >= 4 is 11.6 Å².